The van der Waals surface area contributed by atoms with Crippen molar-refractivity contribution in [2.45, 2.75) is 32.7 Å². The Morgan fingerprint density at radius 2 is 2.10 bits per heavy atom. The van der Waals surface area contributed by atoms with Gasteiger partial charge >= 0.3 is 0 Å². The average molecular weight is 179 g/mol. The molecule has 0 N–H and O–H groups in total. The maximum Gasteiger partial charge on any atom is 0.0178 e. The highest BCUT2D eigenvalue weighted by molar-refractivity contribution is 7.80. The Kier molecular flexibility index (Phi) is 6.80. The largest absolute Gasteiger partial charge is 0.250 e. The van der Waals surface area contributed by atoms with Crippen molar-refractivity contribution in [3.63, 3.8) is 0 Å². The molecular weight excluding hydrogens is 162 g/mol. The summed E-state index contributed by atoms with van der Waals surface area (Å²) in [6.07, 6.45) is 2.45. The first-order chi connectivity index (χ1) is 4.72. The normalized spacial score (nSPS) is 14.1. The first-order valence-corrected chi connectivity index (χ1v) is 4.82. The number of rotatable bonds is 5. The van der Waals surface area contributed by atoms with Crippen molar-refractivity contribution in [3.8, 4) is 0 Å². The van der Waals surface area contributed by atoms with E-state index in [1.165, 1.54) is 12.8 Å². The Balaban J connectivity index is 3.38. The number of thiol groups is 2. The Bertz CT molecular complexity index is 68.0. The molecule has 0 fully saturated rings. The van der Waals surface area contributed by atoms with E-state index in [4.69, 9.17) is 0 Å². The number of hydrogen-bond donors (Lipinski definition) is 2. The van der Waals surface area contributed by atoms with Crippen molar-refractivity contribution >= 4 is 25.4 Å². The third kappa shape index (κ3) is 4.47. The molecule has 0 saturated heterocycles. The zero-order valence-corrected chi connectivity index (χ0v) is 8.54. The van der Waals surface area contributed by atoms with Crippen molar-refractivity contribution in [3.05, 3.63) is 0 Å². The predicted octanol–water partition coefficient (Wildman–Crippen LogP) is 2.25. The maximum absolute atomic E-state index is 4.32. The van der Waals surface area contributed by atoms with Gasteiger partial charge in [0.25, 0.3) is 0 Å². The molecule has 62 valence electrons. The Labute approximate surface area is 75.1 Å². The Morgan fingerprint density at radius 1 is 1.50 bits per heavy atom. The molecule has 0 amide bonds. The van der Waals surface area contributed by atoms with E-state index in [2.05, 4.69) is 43.6 Å². The minimum absolute atomic E-state index is 0.584. The lowest BCUT2D eigenvalue weighted by Crippen LogP contribution is -2.25. The van der Waals surface area contributed by atoms with Gasteiger partial charge < -0.3 is 0 Å². The smallest absolute Gasteiger partial charge is 0.0178 e. The van der Waals surface area contributed by atoms with Crippen LogP contribution in [0.2, 0.25) is 0 Å². The quantitative estimate of drug-likeness (QED) is 0.612. The fourth-order valence-electron chi connectivity index (χ4n) is 0.890. The van der Waals surface area contributed by atoms with Crippen LogP contribution in [0.15, 0.2) is 0 Å². The molecule has 3 heteroatoms. The summed E-state index contributed by atoms with van der Waals surface area (Å²) in [6, 6.07) is 0.584. The lowest BCUT2D eigenvalue weighted by molar-refractivity contribution is 0.374. The molecule has 0 rings (SSSR count). The zero-order valence-electron chi connectivity index (χ0n) is 6.75. The second-order valence-electron chi connectivity index (χ2n) is 2.52. The Morgan fingerprint density at radius 3 is 2.50 bits per heavy atom. The minimum Gasteiger partial charge on any atom is -0.250 e. The molecule has 1 unspecified atom stereocenters. The average Bonchev–Trinajstić information content (AvgIpc) is 1.89. The highest BCUT2D eigenvalue weighted by atomic mass is 32.1. The van der Waals surface area contributed by atoms with E-state index in [9.17, 15) is 0 Å². The van der Waals surface area contributed by atoms with Crippen LogP contribution in [0, 0.1) is 0 Å². The molecule has 0 heterocycles. The zero-order chi connectivity index (χ0) is 7.98. The second kappa shape index (κ2) is 6.38. The van der Waals surface area contributed by atoms with Gasteiger partial charge in [0.1, 0.15) is 0 Å². The summed E-state index contributed by atoms with van der Waals surface area (Å²) in [7, 11) is 0. The van der Waals surface area contributed by atoms with Gasteiger partial charge in [0.15, 0.2) is 0 Å². The van der Waals surface area contributed by atoms with E-state index in [0.717, 1.165) is 12.3 Å². The molecule has 0 radical (unpaired) electrons. The molecule has 0 aromatic heterocycles. The molecule has 0 aliphatic rings. The molecule has 0 aliphatic carbocycles. The van der Waals surface area contributed by atoms with Gasteiger partial charge in [-0.15, -0.1) is 0 Å². The van der Waals surface area contributed by atoms with Crippen molar-refractivity contribution < 1.29 is 0 Å². The predicted molar refractivity (Wildman–Crippen MR) is 53.9 cm³/mol. The summed E-state index contributed by atoms with van der Waals surface area (Å²) in [5.74, 6) is 0.886. The van der Waals surface area contributed by atoms with Gasteiger partial charge in [-0.3, -0.25) is 0 Å². The van der Waals surface area contributed by atoms with Crippen LogP contribution in [-0.4, -0.2) is 22.6 Å². The summed E-state index contributed by atoms with van der Waals surface area (Å²) in [4.78, 5) is 0. The monoisotopic (exact) mass is 179 g/mol. The Hall–Kier alpha value is 0.660. The molecule has 0 aromatic carbocycles. The van der Waals surface area contributed by atoms with E-state index in [1.807, 2.05) is 0 Å². The van der Waals surface area contributed by atoms with Gasteiger partial charge in [0.05, 0.1) is 0 Å². The van der Waals surface area contributed by atoms with Gasteiger partial charge in [0, 0.05) is 18.3 Å². The first kappa shape index (κ1) is 10.7. The molecule has 1 nitrogen and oxygen atoms in total. The lowest BCUT2D eigenvalue weighted by Gasteiger charge is -2.21. The van der Waals surface area contributed by atoms with Crippen LogP contribution in [0.5, 0.6) is 0 Å². The van der Waals surface area contributed by atoms with Crippen molar-refractivity contribution in [2.75, 3.05) is 12.3 Å². The molecule has 0 aromatic rings. The van der Waals surface area contributed by atoms with Crippen LogP contribution in [-0.2, 0) is 0 Å². The number of hydrogen-bond acceptors (Lipinski definition) is 3. The topological polar surface area (TPSA) is 3.24 Å². The van der Waals surface area contributed by atoms with Crippen LogP contribution < -0.4 is 0 Å². The molecular formula is C7H17NS2. The van der Waals surface area contributed by atoms with E-state index < -0.39 is 0 Å². The fraction of sp³-hybridized carbons (Fsp3) is 1.00. The summed E-state index contributed by atoms with van der Waals surface area (Å²) < 4.78 is 2.05. The van der Waals surface area contributed by atoms with Gasteiger partial charge in [-0.2, -0.15) is 12.6 Å². The van der Waals surface area contributed by atoms with Gasteiger partial charge in [-0.05, 0) is 13.3 Å². The summed E-state index contributed by atoms with van der Waals surface area (Å²) in [5, 5.41) is 0. The fourth-order valence-corrected chi connectivity index (χ4v) is 1.48. The molecule has 0 spiro atoms. The van der Waals surface area contributed by atoms with Crippen LogP contribution in [0.25, 0.3) is 0 Å². The molecule has 0 saturated carbocycles. The molecule has 0 bridgehead atoms. The van der Waals surface area contributed by atoms with E-state index >= 15 is 0 Å². The third-order valence-electron chi connectivity index (χ3n) is 1.54. The highest BCUT2D eigenvalue weighted by Crippen LogP contribution is 2.08. The summed E-state index contributed by atoms with van der Waals surface area (Å²) >= 11 is 8.46. The van der Waals surface area contributed by atoms with E-state index in [1.54, 1.807) is 0 Å². The third-order valence-corrected chi connectivity index (χ3v) is 2.34. The highest BCUT2D eigenvalue weighted by Gasteiger charge is 2.06. The van der Waals surface area contributed by atoms with Crippen molar-refractivity contribution in [1.82, 2.24) is 4.31 Å². The SMILES string of the molecule is CCCC(C)N(S)CCS. The first-order valence-electron chi connectivity index (χ1n) is 3.78. The molecule has 1 atom stereocenters. The van der Waals surface area contributed by atoms with Crippen molar-refractivity contribution in [2.24, 2.45) is 0 Å². The second-order valence-corrected chi connectivity index (χ2v) is 3.49. The van der Waals surface area contributed by atoms with Crippen molar-refractivity contribution in [1.29, 1.82) is 0 Å². The van der Waals surface area contributed by atoms with Gasteiger partial charge in [-0.25, -0.2) is 4.31 Å². The molecule has 0 aliphatic heterocycles. The molecule has 10 heavy (non-hydrogen) atoms. The van der Waals surface area contributed by atoms with E-state index in [0.29, 0.717) is 6.04 Å². The minimum atomic E-state index is 0.584. The maximum atomic E-state index is 4.32. The lowest BCUT2D eigenvalue weighted by atomic mass is 10.2. The van der Waals surface area contributed by atoms with Crippen LogP contribution in [0.1, 0.15) is 26.7 Å². The number of nitrogens with zero attached hydrogens (tertiary/aromatic N) is 1. The van der Waals surface area contributed by atoms with Crippen LogP contribution in [0.3, 0.4) is 0 Å². The standard InChI is InChI=1S/C7H17NS2/c1-3-4-7(2)8(10)5-6-9/h7,9-10H,3-6H2,1-2H3. The summed E-state index contributed by atoms with van der Waals surface area (Å²) in [6.45, 7) is 5.35. The van der Waals surface area contributed by atoms with Gasteiger partial charge in [-0.1, -0.05) is 26.2 Å². The van der Waals surface area contributed by atoms with Crippen LogP contribution >= 0.6 is 25.4 Å². The van der Waals surface area contributed by atoms with E-state index in [-0.39, 0.29) is 0 Å². The summed E-state index contributed by atoms with van der Waals surface area (Å²) in [5.41, 5.74) is 0. The van der Waals surface area contributed by atoms with Gasteiger partial charge in [0.2, 0.25) is 0 Å². The van der Waals surface area contributed by atoms with Crippen LogP contribution in [0.4, 0.5) is 0 Å².